The molecule has 0 aromatic rings. The summed E-state index contributed by atoms with van der Waals surface area (Å²) in [5.74, 6) is 0. The van der Waals surface area contributed by atoms with Crippen molar-refractivity contribution >= 4 is 30.1 Å². The molecule has 12 heavy (non-hydrogen) atoms. The summed E-state index contributed by atoms with van der Waals surface area (Å²) in [6.45, 7) is 1.40. The smallest absolute Gasteiger partial charge is 0.0426 e. The lowest BCUT2D eigenvalue weighted by Crippen LogP contribution is -2.15. The molecule has 0 aliphatic rings. The van der Waals surface area contributed by atoms with E-state index in [0.29, 0.717) is 20.0 Å². The first-order valence-corrected chi connectivity index (χ1v) is 5.42. The van der Waals surface area contributed by atoms with Gasteiger partial charge in [0, 0.05) is 15.8 Å². The van der Waals surface area contributed by atoms with Crippen molar-refractivity contribution in [1.29, 1.82) is 0 Å². The van der Waals surface area contributed by atoms with E-state index in [1.165, 1.54) is 13.4 Å². The molecule has 0 aliphatic carbocycles. The Hall–Kier alpha value is 1.03. The van der Waals surface area contributed by atoms with E-state index < -0.39 is 0 Å². The van der Waals surface area contributed by atoms with Crippen molar-refractivity contribution in [2.24, 2.45) is 11.5 Å². The van der Waals surface area contributed by atoms with Gasteiger partial charge in [0.1, 0.15) is 0 Å². The Morgan fingerprint density at radius 1 is 1.33 bits per heavy atom. The zero-order valence-electron chi connectivity index (χ0n) is 10.3. The van der Waals surface area contributed by atoms with E-state index in [-0.39, 0.29) is 0 Å². The van der Waals surface area contributed by atoms with Crippen molar-refractivity contribution in [3.63, 3.8) is 0 Å². The highest BCUT2D eigenvalue weighted by Crippen LogP contribution is 1.46. The predicted molar refractivity (Wildman–Crippen MR) is 71.3 cm³/mol. The molecule has 5 N–H and O–H groups in total. The molecule has 2 atom stereocenters. The lowest BCUT2D eigenvalue weighted by atomic mass is 11.1. The van der Waals surface area contributed by atoms with Crippen molar-refractivity contribution in [3.8, 4) is 0 Å². The fourth-order valence-corrected chi connectivity index (χ4v) is 0. The fourth-order valence-electron chi connectivity index (χ4n) is 0. The van der Waals surface area contributed by atoms with Crippen molar-refractivity contribution < 1.29 is 2.74 Å². The standard InChI is InChI=1S/C2H8N2.CH3Cl.CH5N.2CH5P/c1-4-2-3;4*1-2/h4H,2-3H2,1H3;1H3;3*2H2,1H3/i;;;2*1T. The second kappa shape index (κ2) is 159. The highest BCUT2D eigenvalue weighted by Gasteiger charge is 1.49. The second-order valence-electron chi connectivity index (χ2n) is 0.558. The minimum absolute atomic E-state index is 0.417. The third-order valence-corrected chi connectivity index (χ3v) is 0.204. The van der Waals surface area contributed by atoms with Crippen LogP contribution in [0.2, 0.25) is 0 Å². The van der Waals surface area contributed by atoms with Crippen LogP contribution in [0.15, 0.2) is 0 Å². The van der Waals surface area contributed by atoms with E-state index in [4.69, 9.17) is 8.48 Å². The molecule has 0 heterocycles. The highest BCUT2D eigenvalue weighted by molar-refractivity contribution is 7.15. The Labute approximate surface area is 90.6 Å². The molecule has 0 amide bonds. The van der Waals surface area contributed by atoms with Crippen molar-refractivity contribution in [3.05, 3.63) is 0 Å². The number of alkyl halides is 1. The Kier molecular flexibility index (Phi) is 249. The van der Waals surface area contributed by atoms with Crippen molar-refractivity contribution in [2.75, 3.05) is 40.4 Å². The maximum atomic E-state index is 6.17. The van der Waals surface area contributed by atoms with Crippen LogP contribution in [0.1, 0.15) is 2.74 Å². The molecule has 0 fully saturated rings. The van der Waals surface area contributed by atoms with Gasteiger partial charge in [-0.1, -0.05) is 13.3 Å². The molecule has 0 radical (unpaired) electrons. The van der Waals surface area contributed by atoms with Gasteiger partial charge in [-0.3, -0.25) is 0 Å². The van der Waals surface area contributed by atoms with Gasteiger partial charge in [0.25, 0.3) is 0 Å². The van der Waals surface area contributed by atoms with Crippen LogP contribution < -0.4 is 16.8 Å². The lowest BCUT2D eigenvalue weighted by Gasteiger charge is -1.77. The maximum absolute atomic E-state index is 6.17. The molecular weight excluding hydrogens is 211 g/mol. The van der Waals surface area contributed by atoms with E-state index >= 15 is 0 Å². The number of nitrogens with one attached hydrogen (secondary N) is 1. The summed E-state index contributed by atoms with van der Waals surface area (Å²) in [5.41, 5.74) is 9.42. The Balaban J connectivity index is -0.0000000249. The lowest BCUT2D eigenvalue weighted by molar-refractivity contribution is 0.833. The SMILES string of the molecule is CCl.CN.CNCN.[3H]CP.[3H]CP. The van der Waals surface area contributed by atoms with E-state index in [1.807, 2.05) is 0 Å². The molecule has 6 heteroatoms. The van der Waals surface area contributed by atoms with Crippen LogP contribution in [-0.4, -0.2) is 40.4 Å². The number of hydrogen-bond donors (Lipinski definition) is 3. The summed E-state index contributed by atoms with van der Waals surface area (Å²) in [6, 6.07) is 0. The van der Waals surface area contributed by atoms with Gasteiger partial charge in [-0.2, -0.15) is 0 Å². The molecule has 0 aromatic heterocycles. The van der Waals surface area contributed by atoms with E-state index in [1.54, 1.807) is 7.05 Å². The third-order valence-electron chi connectivity index (χ3n) is 0.204. The minimum atomic E-state index is 0.417. The summed E-state index contributed by atoms with van der Waals surface area (Å²) in [4.78, 5) is 0. The normalized spacial score (nSPS) is 6.67. The van der Waals surface area contributed by atoms with Crippen LogP contribution in [0, 0.1) is 0 Å². The van der Waals surface area contributed by atoms with Gasteiger partial charge in [0.2, 0.25) is 0 Å². The molecule has 0 spiro atoms. The Morgan fingerprint density at radius 2 is 1.42 bits per heavy atom. The topological polar surface area (TPSA) is 64.1 Å². The van der Waals surface area contributed by atoms with Crippen molar-refractivity contribution in [2.45, 2.75) is 0 Å². The summed E-state index contributed by atoms with van der Waals surface area (Å²) in [7, 11) is 7.80. The first-order valence-electron chi connectivity index (χ1n) is 4.45. The van der Waals surface area contributed by atoms with Crippen LogP contribution in [0.25, 0.3) is 0 Å². The van der Waals surface area contributed by atoms with Gasteiger partial charge >= 0.3 is 0 Å². The van der Waals surface area contributed by atoms with Crippen LogP contribution in [0.4, 0.5) is 0 Å². The molecule has 0 rings (SSSR count). The van der Waals surface area contributed by atoms with E-state index in [9.17, 15) is 0 Å². The van der Waals surface area contributed by atoms with Crippen LogP contribution in [0.5, 0.6) is 0 Å². The first-order chi connectivity index (χ1) is 6.74. The largest absolute Gasteiger partial charge is 0.333 e. The van der Waals surface area contributed by atoms with Gasteiger partial charge < -0.3 is 16.8 Å². The average Bonchev–Trinajstić information content (AvgIpc) is 2.26. The van der Waals surface area contributed by atoms with E-state index in [2.05, 4.69) is 41.1 Å². The van der Waals surface area contributed by atoms with Gasteiger partial charge in [-0.05, 0) is 14.1 Å². The quantitative estimate of drug-likeness (QED) is 0.357. The van der Waals surface area contributed by atoms with Gasteiger partial charge in [0.15, 0.2) is 0 Å². The predicted octanol–water partition coefficient (Wildman–Crippen LogP) is 0.535. The molecule has 0 aromatic carbocycles. The number of halogens is 1. The van der Waals surface area contributed by atoms with Gasteiger partial charge in [-0.15, -0.1) is 30.1 Å². The summed E-state index contributed by atoms with van der Waals surface area (Å²) in [6.07, 6.45) is 1.47. The van der Waals surface area contributed by atoms with Gasteiger partial charge in [0.05, 0.1) is 0 Å². The first kappa shape index (κ1) is 18.7. The summed E-state index contributed by atoms with van der Waals surface area (Å²) >= 11 is 4.64. The van der Waals surface area contributed by atoms with Gasteiger partial charge in [-0.25, -0.2) is 0 Å². The summed E-state index contributed by atoms with van der Waals surface area (Å²) in [5, 5.41) is 2.71. The Bertz CT molecular complexity index is 41.0. The average molecular weight is 242 g/mol. The zero-order valence-corrected chi connectivity index (χ0v) is 11.4. The number of nitrogens with two attached hydrogens (primary N) is 2. The summed E-state index contributed by atoms with van der Waals surface area (Å²) < 4.78 is 12.3. The minimum Gasteiger partial charge on any atom is -0.333 e. The molecule has 82 valence electrons. The molecule has 2 unspecified atom stereocenters. The second-order valence-corrected chi connectivity index (χ2v) is 0.558. The Morgan fingerprint density at radius 3 is 1.42 bits per heavy atom. The number of hydrogen-bond acceptors (Lipinski definition) is 3. The molecular formula is C6H26ClN3P2. The molecule has 0 aliphatic heterocycles. The monoisotopic (exact) mass is 241 g/mol. The van der Waals surface area contributed by atoms with Crippen LogP contribution >= 0.6 is 30.1 Å². The number of rotatable bonds is 1. The molecule has 3 nitrogen and oxygen atoms in total. The highest BCUT2D eigenvalue weighted by atomic mass is 35.5. The molecule has 0 saturated heterocycles. The zero-order chi connectivity index (χ0) is 12.8. The molecule has 0 saturated carbocycles. The molecule has 0 bridgehead atoms. The third kappa shape index (κ3) is 269. The maximum Gasteiger partial charge on any atom is 0.0426 e. The fraction of sp³-hybridized carbons (Fsp3) is 1.00. The van der Waals surface area contributed by atoms with Crippen molar-refractivity contribution in [1.82, 2.24) is 5.32 Å². The van der Waals surface area contributed by atoms with Crippen LogP contribution in [-0.2, 0) is 0 Å². The van der Waals surface area contributed by atoms with E-state index in [0.717, 1.165) is 0 Å². The van der Waals surface area contributed by atoms with Crippen LogP contribution in [0.3, 0.4) is 0 Å².